The van der Waals surface area contributed by atoms with Gasteiger partial charge in [-0.3, -0.25) is 13.9 Å². The van der Waals surface area contributed by atoms with Crippen LogP contribution in [-0.4, -0.2) is 41.3 Å². The number of piperidine rings is 1. The second kappa shape index (κ2) is 9.46. The predicted molar refractivity (Wildman–Crippen MR) is 115 cm³/mol. The molecular formula is C22H26N4O4. The zero-order valence-corrected chi connectivity index (χ0v) is 17.3. The minimum Gasteiger partial charge on any atom is -0.465 e. The van der Waals surface area contributed by atoms with E-state index >= 15 is 0 Å². The van der Waals surface area contributed by atoms with Crippen LogP contribution in [0.2, 0.25) is 0 Å². The third-order valence-corrected chi connectivity index (χ3v) is 5.17. The van der Waals surface area contributed by atoms with Gasteiger partial charge in [0, 0.05) is 25.2 Å². The van der Waals surface area contributed by atoms with E-state index in [2.05, 4.69) is 11.8 Å². The van der Waals surface area contributed by atoms with Gasteiger partial charge >= 0.3 is 11.7 Å². The van der Waals surface area contributed by atoms with Crippen LogP contribution in [0.15, 0.2) is 39.9 Å². The Morgan fingerprint density at radius 2 is 1.97 bits per heavy atom. The molecule has 8 nitrogen and oxygen atoms in total. The van der Waals surface area contributed by atoms with Crippen molar-refractivity contribution in [2.45, 2.75) is 38.9 Å². The van der Waals surface area contributed by atoms with Gasteiger partial charge in [0.1, 0.15) is 5.82 Å². The largest absolute Gasteiger partial charge is 0.465 e. The van der Waals surface area contributed by atoms with Gasteiger partial charge in [-0.25, -0.2) is 9.59 Å². The molecule has 158 valence electrons. The van der Waals surface area contributed by atoms with Crippen LogP contribution < -0.4 is 21.9 Å². The van der Waals surface area contributed by atoms with E-state index in [0.29, 0.717) is 17.9 Å². The number of carbonyl (C=O) groups excluding carboxylic acids is 1. The lowest BCUT2D eigenvalue weighted by atomic mass is 10.1. The van der Waals surface area contributed by atoms with E-state index < -0.39 is 11.7 Å². The van der Waals surface area contributed by atoms with Crippen molar-refractivity contribution in [1.82, 2.24) is 9.13 Å². The molecule has 1 fully saturated rings. The van der Waals surface area contributed by atoms with E-state index in [9.17, 15) is 14.4 Å². The Morgan fingerprint density at radius 1 is 1.23 bits per heavy atom. The normalized spacial score (nSPS) is 16.0. The summed E-state index contributed by atoms with van der Waals surface area (Å²) in [6.45, 7) is 3.33. The smallest absolute Gasteiger partial charge is 0.337 e. The molecule has 3 rings (SSSR count). The third kappa shape index (κ3) is 4.63. The molecule has 30 heavy (non-hydrogen) atoms. The molecule has 0 bridgehead atoms. The number of nitrogens with two attached hydrogens (primary N) is 1. The predicted octanol–water partition coefficient (Wildman–Crippen LogP) is 0.796. The molecular weight excluding hydrogens is 384 g/mol. The number of hydrogen-bond acceptors (Lipinski definition) is 6. The van der Waals surface area contributed by atoms with Gasteiger partial charge in [0.2, 0.25) is 0 Å². The molecule has 2 heterocycles. The number of hydrogen-bond donors (Lipinski definition) is 1. The second-order valence-corrected chi connectivity index (χ2v) is 7.26. The van der Waals surface area contributed by atoms with E-state index in [1.165, 1.54) is 22.3 Å². The number of esters is 1. The monoisotopic (exact) mass is 410 g/mol. The fourth-order valence-electron chi connectivity index (χ4n) is 3.58. The number of carbonyl (C=O) groups is 1. The highest BCUT2D eigenvalue weighted by Gasteiger charge is 2.22. The summed E-state index contributed by atoms with van der Waals surface area (Å²) in [5.41, 5.74) is 6.42. The van der Waals surface area contributed by atoms with Gasteiger partial charge < -0.3 is 15.4 Å². The fraction of sp³-hybridized carbons (Fsp3) is 0.409. The summed E-state index contributed by atoms with van der Waals surface area (Å²) in [7, 11) is 1.31. The number of benzene rings is 1. The number of rotatable bonds is 5. The molecule has 1 aliphatic rings. The van der Waals surface area contributed by atoms with Crippen LogP contribution in [0.5, 0.6) is 0 Å². The summed E-state index contributed by atoms with van der Waals surface area (Å²) in [5, 5.41) is 0. The number of nitrogens with zero attached hydrogens (tertiary/aromatic N) is 3. The van der Waals surface area contributed by atoms with E-state index in [4.69, 9.17) is 10.5 Å². The van der Waals surface area contributed by atoms with E-state index in [1.807, 2.05) is 4.90 Å². The van der Waals surface area contributed by atoms with Crippen LogP contribution in [0.4, 0.5) is 5.82 Å². The zero-order valence-electron chi connectivity index (χ0n) is 17.3. The number of ether oxygens (including phenoxy) is 1. The van der Waals surface area contributed by atoms with E-state index in [0.717, 1.165) is 24.9 Å². The Bertz CT molecular complexity index is 1090. The van der Waals surface area contributed by atoms with Crippen LogP contribution in [0.1, 0.15) is 35.7 Å². The SMILES string of the molecule is CC#CCn1c(N2CCC[C@@H](N)C2)cc(=O)n(Cc2ccc(C(=O)OC)cc2)c1=O. The molecule has 0 spiro atoms. The van der Waals surface area contributed by atoms with Crippen molar-refractivity contribution >= 4 is 11.8 Å². The molecule has 0 aliphatic carbocycles. The molecule has 2 aromatic rings. The summed E-state index contributed by atoms with van der Waals surface area (Å²) in [6.07, 6.45) is 1.83. The molecule has 0 amide bonds. The first-order valence-corrected chi connectivity index (χ1v) is 9.86. The molecule has 0 saturated carbocycles. The molecule has 2 N–H and O–H groups in total. The highest BCUT2D eigenvalue weighted by atomic mass is 16.5. The quantitative estimate of drug-likeness (QED) is 0.578. The number of anilines is 1. The van der Waals surface area contributed by atoms with E-state index in [1.54, 1.807) is 31.2 Å². The molecule has 0 radical (unpaired) electrons. The standard InChI is InChI=1S/C22H26N4O4/c1-3-4-12-25-19(24-11-5-6-18(23)15-24)13-20(27)26(22(25)29)14-16-7-9-17(10-8-16)21(28)30-2/h7-10,13,18H,5-6,11-12,14-15,23H2,1-2H3/t18-/m1/s1. The fourth-order valence-corrected chi connectivity index (χ4v) is 3.58. The number of aromatic nitrogens is 2. The van der Waals surface area contributed by atoms with Crippen LogP contribution in [0.25, 0.3) is 0 Å². The number of methoxy groups -OCH3 is 1. The Morgan fingerprint density at radius 3 is 2.60 bits per heavy atom. The average Bonchev–Trinajstić information content (AvgIpc) is 2.75. The summed E-state index contributed by atoms with van der Waals surface area (Å²) >= 11 is 0. The highest BCUT2D eigenvalue weighted by Crippen LogP contribution is 2.17. The van der Waals surface area contributed by atoms with Crippen molar-refractivity contribution in [2.24, 2.45) is 5.73 Å². The lowest BCUT2D eigenvalue weighted by Gasteiger charge is -2.33. The highest BCUT2D eigenvalue weighted by molar-refractivity contribution is 5.89. The molecule has 0 unspecified atom stereocenters. The zero-order chi connectivity index (χ0) is 21.7. The molecule has 1 aromatic heterocycles. The van der Waals surface area contributed by atoms with Gasteiger partial charge in [-0.15, -0.1) is 5.92 Å². The summed E-state index contributed by atoms with van der Waals surface area (Å²) in [4.78, 5) is 39.6. The molecule has 1 aliphatic heterocycles. The second-order valence-electron chi connectivity index (χ2n) is 7.26. The Kier molecular flexibility index (Phi) is 6.75. The average molecular weight is 410 g/mol. The van der Waals surface area contributed by atoms with Gasteiger partial charge in [-0.1, -0.05) is 18.1 Å². The Hall–Kier alpha value is -3.31. The summed E-state index contributed by atoms with van der Waals surface area (Å²) in [6, 6.07) is 8.11. The van der Waals surface area contributed by atoms with Crippen molar-refractivity contribution in [3.8, 4) is 11.8 Å². The minimum absolute atomic E-state index is 0.00955. The van der Waals surface area contributed by atoms with Crippen molar-refractivity contribution in [3.05, 3.63) is 62.3 Å². The maximum absolute atomic E-state index is 13.2. The van der Waals surface area contributed by atoms with Crippen molar-refractivity contribution in [2.75, 3.05) is 25.1 Å². The topological polar surface area (TPSA) is 99.6 Å². The summed E-state index contributed by atoms with van der Waals surface area (Å²) in [5.74, 6) is 5.84. The van der Waals surface area contributed by atoms with Gasteiger partial charge in [0.25, 0.3) is 5.56 Å². The third-order valence-electron chi connectivity index (χ3n) is 5.17. The van der Waals surface area contributed by atoms with Gasteiger partial charge in [0.05, 0.1) is 25.8 Å². The van der Waals surface area contributed by atoms with Crippen LogP contribution in [-0.2, 0) is 17.8 Å². The molecule has 1 saturated heterocycles. The molecule has 1 atom stereocenters. The Labute approximate surface area is 174 Å². The van der Waals surface area contributed by atoms with Gasteiger partial charge in [-0.05, 0) is 37.5 Å². The first-order chi connectivity index (χ1) is 14.4. The van der Waals surface area contributed by atoms with E-state index in [-0.39, 0.29) is 24.7 Å². The maximum Gasteiger partial charge on any atom is 0.337 e. The van der Waals surface area contributed by atoms with Crippen molar-refractivity contribution < 1.29 is 9.53 Å². The first-order valence-electron chi connectivity index (χ1n) is 9.86. The van der Waals surface area contributed by atoms with Gasteiger partial charge in [-0.2, -0.15) is 0 Å². The van der Waals surface area contributed by atoms with Crippen LogP contribution in [0, 0.1) is 11.8 Å². The van der Waals surface area contributed by atoms with Crippen LogP contribution >= 0.6 is 0 Å². The minimum atomic E-state index is -0.441. The van der Waals surface area contributed by atoms with Crippen LogP contribution in [0.3, 0.4) is 0 Å². The van der Waals surface area contributed by atoms with Crippen molar-refractivity contribution in [3.63, 3.8) is 0 Å². The van der Waals surface area contributed by atoms with Crippen molar-refractivity contribution in [1.29, 1.82) is 0 Å². The lowest BCUT2D eigenvalue weighted by Crippen LogP contribution is -2.48. The molecule has 1 aromatic carbocycles. The first kappa shape index (κ1) is 21.4. The lowest BCUT2D eigenvalue weighted by molar-refractivity contribution is 0.0600. The maximum atomic E-state index is 13.2. The Balaban J connectivity index is 1.99. The van der Waals surface area contributed by atoms with Gasteiger partial charge in [0.15, 0.2) is 0 Å². The summed E-state index contributed by atoms with van der Waals surface area (Å²) < 4.78 is 7.40. The molecule has 8 heteroatoms.